The molecule has 0 aliphatic heterocycles. The first-order valence-corrected chi connectivity index (χ1v) is 5.82. The van der Waals surface area contributed by atoms with Crippen molar-refractivity contribution in [3.05, 3.63) is 24.3 Å². The van der Waals surface area contributed by atoms with Crippen molar-refractivity contribution in [2.24, 2.45) is 0 Å². The minimum atomic E-state index is -0.813. The summed E-state index contributed by atoms with van der Waals surface area (Å²) in [5, 5.41) is 12.4. The van der Waals surface area contributed by atoms with Gasteiger partial charge in [-0.1, -0.05) is 6.07 Å². The standard InChI is InChI=1S/C13H21N3O2/c1-13(2,18)9-16(3)8-12(17)15-11-6-4-5-10(14)7-11/h4-7,18H,8-9,14H2,1-3H3,(H,15,17). The molecule has 0 atom stereocenters. The number of aliphatic hydroxyl groups is 1. The van der Waals surface area contributed by atoms with Crippen LogP contribution in [0.25, 0.3) is 0 Å². The van der Waals surface area contributed by atoms with Crippen molar-refractivity contribution in [1.29, 1.82) is 0 Å². The quantitative estimate of drug-likeness (QED) is 0.680. The molecule has 0 fully saturated rings. The molecule has 5 heteroatoms. The summed E-state index contributed by atoms with van der Waals surface area (Å²) in [7, 11) is 1.79. The molecule has 1 amide bonds. The number of nitrogens with zero attached hydrogens (tertiary/aromatic N) is 1. The Labute approximate surface area is 108 Å². The van der Waals surface area contributed by atoms with Gasteiger partial charge in [-0.25, -0.2) is 0 Å². The third-order valence-electron chi connectivity index (χ3n) is 2.24. The van der Waals surface area contributed by atoms with Gasteiger partial charge in [0.05, 0.1) is 12.1 Å². The average molecular weight is 251 g/mol. The van der Waals surface area contributed by atoms with Crippen molar-refractivity contribution in [2.75, 3.05) is 31.2 Å². The van der Waals surface area contributed by atoms with Gasteiger partial charge in [0.1, 0.15) is 0 Å². The maximum Gasteiger partial charge on any atom is 0.238 e. The SMILES string of the molecule is CN(CC(=O)Nc1cccc(N)c1)CC(C)(C)O. The molecular weight excluding hydrogens is 230 g/mol. The number of anilines is 2. The number of nitrogen functional groups attached to an aromatic ring is 1. The Morgan fingerprint density at radius 3 is 2.72 bits per heavy atom. The summed E-state index contributed by atoms with van der Waals surface area (Å²) >= 11 is 0. The van der Waals surface area contributed by atoms with Crippen LogP contribution in [0.1, 0.15) is 13.8 Å². The molecule has 1 rings (SSSR count). The molecule has 1 aromatic carbocycles. The Hall–Kier alpha value is -1.59. The second kappa shape index (κ2) is 5.84. The molecule has 0 aliphatic rings. The molecule has 0 radical (unpaired) electrons. The summed E-state index contributed by atoms with van der Waals surface area (Å²) in [6, 6.07) is 7.03. The number of hydrogen-bond acceptors (Lipinski definition) is 4. The fourth-order valence-electron chi connectivity index (χ4n) is 1.78. The van der Waals surface area contributed by atoms with E-state index in [1.165, 1.54) is 0 Å². The van der Waals surface area contributed by atoms with Crippen LogP contribution in [0, 0.1) is 0 Å². The molecule has 0 saturated carbocycles. The number of amides is 1. The summed E-state index contributed by atoms with van der Waals surface area (Å²) < 4.78 is 0. The highest BCUT2D eigenvalue weighted by Crippen LogP contribution is 2.11. The summed E-state index contributed by atoms with van der Waals surface area (Å²) in [4.78, 5) is 13.5. The van der Waals surface area contributed by atoms with Crippen molar-refractivity contribution in [3.63, 3.8) is 0 Å². The molecule has 5 nitrogen and oxygen atoms in total. The van der Waals surface area contributed by atoms with Gasteiger partial charge in [-0.05, 0) is 39.1 Å². The first kappa shape index (κ1) is 14.5. The number of hydrogen-bond donors (Lipinski definition) is 3. The highest BCUT2D eigenvalue weighted by atomic mass is 16.3. The molecule has 0 aliphatic carbocycles. The van der Waals surface area contributed by atoms with Crippen LogP contribution in [-0.4, -0.2) is 41.7 Å². The molecule has 0 aromatic heterocycles. The van der Waals surface area contributed by atoms with E-state index in [0.717, 1.165) is 0 Å². The van der Waals surface area contributed by atoms with Crippen LogP contribution >= 0.6 is 0 Å². The van der Waals surface area contributed by atoms with Crippen LogP contribution in [0.2, 0.25) is 0 Å². The largest absolute Gasteiger partial charge is 0.399 e. The van der Waals surface area contributed by atoms with Gasteiger partial charge in [-0.15, -0.1) is 0 Å². The topological polar surface area (TPSA) is 78.6 Å². The first-order chi connectivity index (χ1) is 8.26. The molecule has 18 heavy (non-hydrogen) atoms. The zero-order valence-electron chi connectivity index (χ0n) is 11.1. The molecule has 0 spiro atoms. The number of nitrogens with one attached hydrogen (secondary N) is 1. The Morgan fingerprint density at radius 1 is 1.50 bits per heavy atom. The maximum absolute atomic E-state index is 11.7. The molecule has 100 valence electrons. The van der Waals surface area contributed by atoms with Crippen molar-refractivity contribution < 1.29 is 9.90 Å². The number of likely N-dealkylation sites (N-methyl/N-ethyl adjacent to an activating group) is 1. The average Bonchev–Trinajstić information content (AvgIpc) is 2.13. The lowest BCUT2D eigenvalue weighted by molar-refractivity contribution is -0.117. The van der Waals surface area contributed by atoms with Gasteiger partial charge in [0.25, 0.3) is 0 Å². The highest BCUT2D eigenvalue weighted by molar-refractivity contribution is 5.92. The van der Waals surface area contributed by atoms with Gasteiger partial charge in [-0.2, -0.15) is 0 Å². The minimum Gasteiger partial charge on any atom is -0.399 e. The number of rotatable bonds is 5. The van der Waals surface area contributed by atoms with E-state index < -0.39 is 5.60 Å². The van der Waals surface area contributed by atoms with E-state index >= 15 is 0 Å². The van der Waals surface area contributed by atoms with Gasteiger partial charge in [0, 0.05) is 17.9 Å². The zero-order valence-corrected chi connectivity index (χ0v) is 11.1. The molecule has 0 unspecified atom stereocenters. The van der Waals surface area contributed by atoms with Crippen LogP contribution in [0.3, 0.4) is 0 Å². The Morgan fingerprint density at radius 2 is 2.17 bits per heavy atom. The van der Waals surface area contributed by atoms with Crippen molar-refractivity contribution in [2.45, 2.75) is 19.4 Å². The number of carbonyl (C=O) groups is 1. The lowest BCUT2D eigenvalue weighted by Crippen LogP contribution is -2.40. The monoisotopic (exact) mass is 251 g/mol. The Kier molecular flexibility index (Phi) is 4.69. The Balaban J connectivity index is 2.47. The molecule has 1 aromatic rings. The zero-order chi connectivity index (χ0) is 13.8. The van der Waals surface area contributed by atoms with E-state index in [1.54, 1.807) is 50.1 Å². The predicted octanol–water partition coefficient (Wildman–Crippen LogP) is 0.910. The van der Waals surface area contributed by atoms with Gasteiger partial charge >= 0.3 is 0 Å². The second-order valence-electron chi connectivity index (χ2n) is 5.16. The molecule has 4 N–H and O–H groups in total. The van der Waals surface area contributed by atoms with E-state index in [-0.39, 0.29) is 12.5 Å². The molecule has 0 saturated heterocycles. The van der Waals surface area contributed by atoms with Gasteiger partial charge in [0.2, 0.25) is 5.91 Å². The van der Waals surface area contributed by atoms with Crippen LogP contribution in [0.15, 0.2) is 24.3 Å². The van der Waals surface area contributed by atoms with Crippen LogP contribution < -0.4 is 11.1 Å². The van der Waals surface area contributed by atoms with Crippen LogP contribution in [0.4, 0.5) is 11.4 Å². The van der Waals surface area contributed by atoms with Gasteiger partial charge in [0.15, 0.2) is 0 Å². The van der Waals surface area contributed by atoms with Crippen LogP contribution in [-0.2, 0) is 4.79 Å². The number of carbonyl (C=O) groups excluding carboxylic acids is 1. The smallest absolute Gasteiger partial charge is 0.238 e. The van der Waals surface area contributed by atoms with E-state index in [9.17, 15) is 9.90 Å². The summed E-state index contributed by atoms with van der Waals surface area (Å²) in [5.74, 6) is -0.132. The fraction of sp³-hybridized carbons (Fsp3) is 0.462. The first-order valence-electron chi connectivity index (χ1n) is 5.82. The third kappa shape index (κ3) is 5.65. The van der Waals surface area contributed by atoms with Gasteiger partial charge in [-0.3, -0.25) is 9.69 Å². The van der Waals surface area contributed by atoms with E-state index in [2.05, 4.69) is 5.32 Å². The second-order valence-corrected chi connectivity index (χ2v) is 5.16. The summed E-state index contributed by atoms with van der Waals surface area (Å²) in [6.07, 6.45) is 0. The Bertz CT molecular complexity index is 413. The summed E-state index contributed by atoms with van der Waals surface area (Å²) in [5.41, 5.74) is 6.10. The minimum absolute atomic E-state index is 0.132. The van der Waals surface area contributed by atoms with Crippen molar-refractivity contribution in [3.8, 4) is 0 Å². The fourth-order valence-corrected chi connectivity index (χ4v) is 1.78. The van der Waals surface area contributed by atoms with Crippen molar-refractivity contribution in [1.82, 2.24) is 4.90 Å². The molecule has 0 bridgehead atoms. The lowest BCUT2D eigenvalue weighted by atomic mass is 10.1. The maximum atomic E-state index is 11.7. The third-order valence-corrected chi connectivity index (χ3v) is 2.24. The summed E-state index contributed by atoms with van der Waals surface area (Å²) in [6.45, 7) is 4.06. The van der Waals surface area contributed by atoms with E-state index in [0.29, 0.717) is 17.9 Å². The molecular formula is C13H21N3O2. The lowest BCUT2D eigenvalue weighted by Gasteiger charge is -2.24. The van der Waals surface area contributed by atoms with Gasteiger partial charge < -0.3 is 16.2 Å². The number of benzene rings is 1. The normalized spacial score (nSPS) is 11.6. The van der Waals surface area contributed by atoms with E-state index in [1.807, 2.05) is 0 Å². The predicted molar refractivity (Wildman–Crippen MR) is 73.3 cm³/mol. The van der Waals surface area contributed by atoms with Crippen molar-refractivity contribution >= 4 is 17.3 Å². The van der Waals surface area contributed by atoms with Crippen LogP contribution in [0.5, 0.6) is 0 Å². The molecule has 0 heterocycles. The van der Waals surface area contributed by atoms with E-state index in [4.69, 9.17) is 5.73 Å². The highest BCUT2D eigenvalue weighted by Gasteiger charge is 2.17. The number of nitrogens with two attached hydrogens (primary N) is 1.